The van der Waals surface area contributed by atoms with E-state index in [1.165, 1.54) is 18.6 Å². The van der Waals surface area contributed by atoms with Crippen LogP contribution in [0.4, 0.5) is 13.2 Å². The third kappa shape index (κ3) is 5.00. The topological polar surface area (TPSA) is 15.3 Å². The predicted octanol–water partition coefficient (Wildman–Crippen LogP) is 3.53. The van der Waals surface area contributed by atoms with Gasteiger partial charge in [-0.15, -0.1) is 0 Å². The summed E-state index contributed by atoms with van der Waals surface area (Å²) >= 11 is 0. The van der Waals surface area contributed by atoms with E-state index in [1.807, 2.05) is 0 Å². The van der Waals surface area contributed by atoms with Crippen LogP contribution in [-0.2, 0) is 12.7 Å². The fourth-order valence-corrected chi connectivity index (χ4v) is 2.91. The minimum atomic E-state index is -4.26. The molecule has 2 rings (SSSR count). The van der Waals surface area contributed by atoms with E-state index in [4.69, 9.17) is 0 Å². The number of likely N-dealkylation sites (tertiary alicyclic amines) is 1. The van der Waals surface area contributed by atoms with Crippen LogP contribution in [0.2, 0.25) is 0 Å². The first-order valence-electron chi connectivity index (χ1n) is 7.58. The van der Waals surface area contributed by atoms with Crippen LogP contribution in [0, 0.1) is 5.92 Å². The molecule has 1 aliphatic heterocycles. The Morgan fingerprint density at radius 2 is 2.14 bits per heavy atom. The number of halogens is 3. The van der Waals surface area contributed by atoms with Gasteiger partial charge in [-0.3, -0.25) is 4.90 Å². The zero-order valence-corrected chi connectivity index (χ0v) is 12.4. The van der Waals surface area contributed by atoms with Crippen molar-refractivity contribution in [2.75, 3.05) is 26.2 Å². The zero-order chi connectivity index (χ0) is 15.3. The lowest BCUT2D eigenvalue weighted by Gasteiger charge is -2.33. The Kier molecular flexibility index (Phi) is 5.65. The van der Waals surface area contributed by atoms with Crippen molar-refractivity contribution in [3.05, 3.63) is 35.4 Å². The van der Waals surface area contributed by atoms with Crippen molar-refractivity contribution in [3.8, 4) is 0 Å². The summed E-state index contributed by atoms with van der Waals surface area (Å²) in [5.74, 6) is 0.601. The number of hydrogen-bond acceptors (Lipinski definition) is 2. The molecule has 0 radical (unpaired) electrons. The molecule has 1 unspecified atom stereocenters. The van der Waals surface area contributed by atoms with Gasteiger partial charge in [0.2, 0.25) is 0 Å². The first kappa shape index (κ1) is 16.3. The maximum absolute atomic E-state index is 12.7. The summed E-state index contributed by atoms with van der Waals surface area (Å²) in [4.78, 5) is 2.26. The summed E-state index contributed by atoms with van der Waals surface area (Å²) in [7, 11) is 0. The fraction of sp³-hybridized carbons (Fsp3) is 0.625. The van der Waals surface area contributed by atoms with E-state index in [0.29, 0.717) is 12.5 Å². The first-order chi connectivity index (χ1) is 9.99. The Labute approximate surface area is 124 Å². The second-order valence-corrected chi connectivity index (χ2v) is 5.75. The summed E-state index contributed by atoms with van der Waals surface area (Å²) < 4.78 is 38.2. The van der Waals surface area contributed by atoms with Crippen molar-refractivity contribution in [3.63, 3.8) is 0 Å². The van der Waals surface area contributed by atoms with Crippen LogP contribution in [0.25, 0.3) is 0 Å². The fourth-order valence-electron chi connectivity index (χ4n) is 2.91. The standard InChI is InChI=1S/C16H23F3N2/c1-2-20-10-14-6-4-8-21(12-14)11-13-5-3-7-15(9-13)16(17,18)19/h3,5,7,9,14,20H,2,4,6,8,10-12H2,1H3. The Morgan fingerprint density at radius 1 is 1.33 bits per heavy atom. The molecule has 1 atom stereocenters. The van der Waals surface area contributed by atoms with Gasteiger partial charge in [0.25, 0.3) is 0 Å². The van der Waals surface area contributed by atoms with Gasteiger partial charge in [0.15, 0.2) is 0 Å². The van der Waals surface area contributed by atoms with E-state index in [1.54, 1.807) is 6.07 Å². The van der Waals surface area contributed by atoms with Crippen LogP contribution in [0.5, 0.6) is 0 Å². The van der Waals surface area contributed by atoms with E-state index in [-0.39, 0.29) is 0 Å². The quantitative estimate of drug-likeness (QED) is 0.895. The van der Waals surface area contributed by atoms with Crippen LogP contribution < -0.4 is 5.32 Å². The molecule has 1 aromatic rings. The van der Waals surface area contributed by atoms with Gasteiger partial charge >= 0.3 is 6.18 Å². The van der Waals surface area contributed by atoms with E-state index in [2.05, 4.69) is 17.1 Å². The van der Waals surface area contributed by atoms with Crippen LogP contribution in [-0.4, -0.2) is 31.1 Å². The molecule has 2 nitrogen and oxygen atoms in total. The number of nitrogens with zero attached hydrogens (tertiary/aromatic N) is 1. The molecule has 21 heavy (non-hydrogen) atoms. The van der Waals surface area contributed by atoms with Gasteiger partial charge in [0.05, 0.1) is 5.56 Å². The highest BCUT2D eigenvalue weighted by Crippen LogP contribution is 2.30. The van der Waals surface area contributed by atoms with Crippen molar-refractivity contribution >= 4 is 0 Å². The minimum Gasteiger partial charge on any atom is -0.317 e. The lowest BCUT2D eigenvalue weighted by atomic mass is 9.97. The highest BCUT2D eigenvalue weighted by atomic mass is 19.4. The van der Waals surface area contributed by atoms with E-state index in [0.717, 1.165) is 44.2 Å². The number of hydrogen-bond donors (Lipinski definition) is 1. The molecule has 1 aliphatic rings. The van der Waals surface area contributed by atoms with Gasteiger partial charge in [-0.05, 0) is 50.0 Å². The summed E-state index contributed by atoms with van der Waals surface area (Å²) in [6.45, 7) is 6.58. The average Bonchev–Trinajstić information content (AvgIpc) is 2.45. The smallest absolute Gasteiger partial charge is 0.317 e. The largest absolute Gasteiger partial charge is 0.416 e. The van der Waals surface area contributed by atoms with Gasteiger partial charge in [-0.1, -0.05) is 25.1 Å². The summed E-state index contributed by atoms with van der Waals surface area (Å²) in [5, 5.41) is 3.36. The van der Waals surface area contributed by atoms with Crippen molar-refractivity contribution in [2.45, 2.75) is 32.5 Å². The molecule has 118 valence electrons. The lowest BCUT2D eigenvalue weighted by molar-refractivity contribution is -0.137. The molecule has 0 amide bonds. The zero-order valence-electron chi connectivity index (χ0n) is 12.4. The Balaban J connectivity index is 1.95. The van der Waals surface area contributed by atoms with Crippen molar-refractivity contribution in [2.24, 2.45) is 5.92 Å². The van der Waals surface area contributed by atoms with E-state index >= 15 is 0 Å². The molecule has 1 heterocycles. The molecule has 0 aromatic heterocycles. The van der Waals surface area contributed by atoms with E-state index < -0.39 is 11.7 Å². The number of nitrogens with one attached hydrogen (secondary N) is 1. The molecule has 1 aromatic carbocycles. The van der Waals surface area contributed by atoms with Gasteiger partial charge in [0, 0.05) is 13.1 Å². The van der Waals surface area contributed by atoms with Crippen LogP contribution in [0.3, 0.4) is 0 Å². The molecule has 1 saturated heterocycles. The van der Waals surface area contributed by atoms with Gasteiger partial charge in [0.1, 0.15) is 0 Å². The first-order valence-corrected chi connectivity index (χ1v) is 7.58. The van der Waals surface area contributed by atoms with Crippen LogP contribution >= 0.6 is 0 Å². The van der Waals surface area contributed by atoms with E-state index in [9.17, 15) is 13.2 Å². The monoisotopic (exact) mass is 300 g/mol. The molecular weight excluding hydrogens is 277 g/mol. The third-order valence-electron chi connectivity index (χ3n) is 3.95. The Morgan fingerprint density at radius 3 is 2.86 bits per heavy atom. The second kappa shape index (κ2) is 7.27. The molecule has 1 fully saturated rings. The number of benzene rings is 1. The average molecular weight is 300 g/mol. The molecular formula is C16H23F3N2. The second-order valence-electron chi connectivity index (χ2n) is 5.75. The van der Waals surface area contributed by atoms with Gasteiger partial charge in [-0.2, -0.15) is 13.2 Å². The highest BCUT2D eigenvalue weighted by Gasteiger charge is 2.30. The molecule has 0 aliphatic carbocycles. The van der Waals surface area contributed by atoms with Crippen molar-refractivity contribution in [1.82, 2.24) is 10.2 Å². The molecule has 0 spiro atoms. The van der Waals surface area contributed by atoms with Crippen LogP contribution in [0.1, 0.15) is 30.9 Å². The van der Waals surface area contributed by atoms with Gasteiger partial charge < -0.3 is 5.32 Å². The normalized spacial score (nSPS) is 20.7. The highest BCUT2D eigenvalue weighted by molar-refractivity contribution is 5.25. The SMILES string of the molecule is CCNCC1CCCN(Cc2cccc(C(F)(F)F)c2)C1. The molecule has 5 heteroatoms. The molecule has 0 bridgehead atoms. The Hall–Kier alpha value is -1.07. The lowest BCUT2D eigenvalue weighted by Crippen LogP contribution is -2.39. The number of alkyl halides is 3. The van der Waals surface area contributed by atoms with Crippen molar-refractivity contribution in [1.29, 1.82) is 0 Å². The Bertz CT molecular complexity index is 445. The molecule has 1 N–H and O–H groups in total. The predicted molar refractivity (Wildman–Crippen MR) is 78.0 cm³/mol. The minimum absolute atomic E-state index is 0.554. The number of piperidine rings is 1. The summed E-state index contributed by atoms with van der Waals surface area (Å²) in [5.41, 5.74) is 0.190. The summed E-state index contributed by atoms with van der Waals surface area (Å²) in [6.07, 6.45) is -1.94. The molecule has 0 saturated carbocycles. The van der Waals surface area contributed by atoms with Crippen LogP contribution in [0.15, 0.2) is 24.3 Å². The number of rotatable bonds is 5. The maximum Gasteiger partial charge on any atom is 0.416 e. The van der Waals surface area contributed by atoms with Crippen molar-refractivity contribution < 1.29 is 13.2 Å². The third-order valence-corrected chi connectivity index (χ3v) is 3.95. The summed E-state index contributed by atoms with van der Waals surface area (Å²) in [6, 6.07) is 5.68. The maximum atomic E-state index is 12.7. The van der Waals surface area contributed by atoms with Gasteiger partial charge in [-0.25, -0.2) is 0 Å².